The van der Waals surface area contributed by atoms with Gasteiger partial charge in [0.1, 0.15) is 11.6 Å². The lowest BCUT2D eigenvalue weighted by atomic mass is 9.97. The Morgan fingerprint density at radius 3 is 2.38 bits per heavy atom. The predicted molar refractivity (Wildman–Crippen MR) is 120 cm³/mol. The highest BCUT2D eigenvalue weighted by Crippen LogP contribution is 2.23. The molecule has 0 bridgehead atoms. The van der Waals surface area contributed by atoms with Gasteiger partial charge in [-0.1, -0.05) is 11.6 Å². The average Bonchev–Trinajstić information content (AvgIpc) is 2.78. The van der Waals surface area contributed by atoms with Crippen molar-refractivity contribution < 1.29 is 23.9 Å². The summed E-state index contributed by atoms with van der Waals surface area (Å²) >= 11 is 5.74. The Morgan fingerprint density at radius 2 is 1.75 bits per heavy atom. The Balaban J connectivity index is 1.45. The number of rotatable bonds is 7. The van der Waals surface area contributed by atoms with Crippen LogP contribution in [0.1, 0.15) is 43.5 Å². The summed E-state index contributed by atoms with van der Waals surface area (Å²) in [6.45, 7) is 3.60. The van der Waals surface area contributed by atoms with Crippen molar-refractivity contribution in [3.63, 3.8) is 0 Å². The molecule has 170 valence electrons. The fourth-order valence-corrected chi connectivity index (χ4v) is 3.77. The van der Waals surface area contributed by atoms with E-state index in [1.54, 1.807) is 18.2 Å². The van der Waals surface area contributed by atoms with Gasteiger partial charge < -0.3 is 19.7 Å². The molecule has 1 saturated heterocycles. The first kappa shape index (κ1) is 23.5. The predicted octanol–water partition coefficient (Wildman–Crippen LogP) is 3.70. The number of nitrogens with zero attached hydrogens (tertiary/aromatic N) is 2. The molecule has 8 nitrogen and oxygen atoms in total. The minimum atomic E-state index is -0.650. The molecule has 0 saturated carbocycles. The number of ether oxygens (including phenoxy) is 2. The van der Waals surface area contributed by atoms with Gasteiger partial charge in [0.15, 0.2) is 13.2 Å². The number of nitrogens with one attached hydrogen (secondary N) is 1. The third kappa shape index (κ3) is 6.43. The molecule has 32 heavy (non-hydrogen) atoms. The normalized spacial score (nSPS) is 18.0. The summed E-state index contributed by atoms with van der Waals surface area (Å²) in [4.78, 5) is 42.4. The van der Waals surface area contributed by atoms with Crippen LogP contribution in [-0.4, -0.2) is 53.0 Å². The fraction of sp³-hybridized carbons (Fsp3) is 0.391. The molecule has 2 atom stereocenters. The molecule has 0 unspecified atom stereocenters. The van der Waals surface area contributed by atoms with E-state index in [1.165, 1.54) is 24.4 Å². The van der Waals surface area contributed by atoms with Gasteiger partial charge in [-0.25, -0.2) is 9.78 Å². The molecular formula is C23H26ClN3O5. The second-order valence-corrected chi connectivity index (χ2v) is 8.17. The number of halogens is 1. The molecule has 0 spiro atoms. The number of piperidine rings is 1. The van der Waals surface area contributed by atoms with Crippen molar-refractivity contribution >= 4 is 35.2 Å². The molecule has 1 aromatic heterocycles. The van der Waals surface area contributed by atoms with Crippen molar-refractivity contribution in [2.24, 2.45) is 0 Å². The van der Waals surface area contributed by atoms with Gasteiger partial charge in [0.05, 0.1) is 10.6 Å². The van der Waals surface area contributed by atoms with E-state index in [0.29, 0.717) is 16.6 Å². The first-order valence-electron chi connectivity index (χ1n) is 10.5. The van der Waals surface area contributed by atoms with Crippen LogP contribution in [0.15, 0.2) is 42.6 Å². The van der Waals surface area contributed by atoms with Crippen LogP contribution in [0.2, 0.25) is 5.02 Å². The maximum atomic E-state index is 12.5. The molecule has 0 aliphatic carbocycles. The lowest BCUT2D eigenvalue weighted by Crippen LogP contribution is -2.49. The van der Waals surface area contributed by atoms with Crippen molar-refractivity contribution in [1.82, 2.24) is 9.88 Å². The van der Waals surface area contributed by atoms with Gasteiger partial charge in [0.2, 0.25) is 0 Å². The van der Waals surface area contributed by atoms with E-state index in [4.69, 9.17) is 21.1 Å². The number of carbonyl (C=O) groups is 3. The zero-order valence-electron chi connectivity index (χ0n) is 18.0. The summed E-state index contributed by atoms with van der Waals surface area (Å²) < 4.78 is 10.6. The van der Waals surface area contributed by atoms with E-state index in [9.17, 15) is 14.4 Å². The number of carbonyl (C=O) groups excluding carboxylic acids is 3. The monoisotopic (exact) mass is 459 g/mol. The zero-order chi connectivity index (χ0) is 23.1. The number of pyridine rings is 1. The molecule has 0 radical (unpaired) electrons. The molecule has 1 fully saturated rings. The van der Waals surface area contributed by atoms with Crippen LogP contribution in [0.3, 0.4) is 0 Å². The number of hydrogen-bond acceptors (Lipinski definition) is 6. The van der Waals surface area contributed by atoms with Crippen molar-refractivity contribution in [2.45, 2.75) is 45.2 Å². The topological polar surface area (TPSA) is 97.8 Å². The van der Waals surface area contributed by atoms with E-state index in [1.807, 2.05) is 4.90 Å². The lowest BCUT2D eigenvalue weighted by molar-refractivity contribution is -0.139. The zero-order valence-corrected chi connectivity index (χ0v) is 18.8. The number of aromatic nitrogens is 1. The number of benzene rings is 1. The van der Waals surface area contributed by atoms with Gasteiger partial charge in [0, 0.05) is 18.3 Å². The Hall–Kier alpha value is -3.13. The molecule has 2 amide bonds. The van der Waals surface area contributed by atoms with E-state index < -0.39 is 18.5 Å². The highest BCUT2D eigenvalue weighted by molar-refractivity contribution is 6.30. The second kappa shape index (κ2) is 10.9. The first-order chi connectivity index (χ1) is 15.3. The Labute approximate surface area is 191 Å². The highest BCUT2D eigenvalue weighted by atomic mass is 35.5. The van der Waals surface area contributed by atoms with Gasteiger partial charge in [-0.05, 0) is 69.5 Å². The second-order valence-electron chi connectivity index (χ2n) is 7.73. The van der Waals surface area contributed by atoms with Crippen LogP contribution in [-0.2, 0) is 14.3 Å². The number of esters is 1. The molecule has 1 aliphatic heterocycles. The van der Waals surface area contributed by atoms with Crippen molar-refractivity contribution in [2.75, 3.05) is 18.5 Å². The fourth-order valence-electron chi connectivity index (χ4n) is 3.66. The number of anilines is 1. The minimum absolute atomic E-state index is 0.0469. The van der Waals surface area contributed by atoms with Crippen LogP contribution in [0.5, 0.6) is 5.75 Å². The Kier molecular flexibility index (Phi) is 8.05. The molecule has 3 rings (SSSR count). The van der Waals surface area contributed by atoms with Gasteiger partial charge in [-0.15, -0.1) is 0 Å². The van der Waals surface area contributed by atoms with E-state index >= 15 is 0 Å². The Bertz CT molecular complexity index is 939. The average molecular weight is 460 g/mol. The largest absolute Gasteiger partial charge is 0.484 e. The molecular weight excluding hydrogens is 434 g/mol. The molecule has 2 heterocycles. The maximum Gasteiger partial charge on any atom is 0.338 e. The SMILES string of the molecule is C[C@H]1CCC[C@H](C)N1C(=O)COc1ccc(C(=O)OCC(=O)Nc2ccc(Cl)cn2)cc1. The maximum absolute atomic E-state index is 12.5. The summed E-state index contributed by atoms with van der Waals surface area (Å²) in [5.74, 6) is -0.441. The summed E-state index contributed by atoms with van der Waals surface area (Å²) in [6, 6.07) is 9.76. The van der Waals surface area contributed by atoms with Gasteiger partial charge in [-0.3, -0.25) is 9.59 Å². The summed E-state index contributed by atoms with van der Waals surface area (Å²) in [5, 5.41) is 2.95. The van der Waals surface area contributed by atoms with Crippen LogP contribution in [0.4, 0.5) is 5.82 Å². The minimum Gasteiger partial charge on any atom is -0.484 e. The van der Waals surface area contributed by atoms with Crippen LogP contribution >= 0.6 is 11.6 Å². The van der Waals surface area contributed by atoms with Gasteiger partial charge >= 0.3 is 5.97 Å². The lowest BCUT2D eigenvalue weighted by Gasteiger charge is -2.38. The first-order valence-corrected chi connectivity index (χ1v) is 10.8. The molecule has 2 aromatic rings. The standard InChI is InChI=1S/C23H26ClN3O5/c1-15-4-3-5-16(2)27(15)22(29)14-31-19-9-6-17(7-10-19)23(30)32-13-21(28)26-20-11-8-18(24)12-25-20/h6-12,15-16H,3-5,13-14H2,1-2H3,(H,25,26,28)/t15-,16-/m0/s1. The van der Waals surface area contributed by atoms with Crippen molar-refractivity contribution in [3.8, 4) is 5.75 Å². The smallest absolute Gasteiger partial charge is 0.338 e. The Morgan fingerprint density at radius 1 is 1.06 bits per heavy atom. The number of hydrogen-bond donors (Lipinski definition) is 1. The molecule has 1 N–H and O–H groups in total. The summed E-state index contributed by atoms with van der Waals surface area (Å²) in [7, 11) is 0. The summed E-state index contributed by atoms with van der Waals surface area (Å²) in [6.07, 6.45) is 4.53. The van der Waals surface area contributed by atoms with Crippen molar-refractivity contribution in [3.05, 3.63) is 53.2 Å². The van der Waals surface area contributed by atoms with Gasteiger partial charge in [0.25, 0.3) is 11.8 Å². The van der Waals surface area contributed by atoms with Crippen LogP contribution < -0.4 is 10.1 Å². The van der Waals surface area contributed by atoms with E-state index in [0.717, 1.165) is 19.3 Å². The summed E-state index contributed by atoms with van der Waals surface area (Å²) in [5.41, 5.74) is 0.263. The van der Waals surface area contributed by atoms with Gasteiger partial charge in [-0.2, -0.15) is 0 Å². The third-order valence-electron chi connectivity index (χ3n) is 5.26. The molecule has 1 aliphatic rings. The quantitative estimate of drug-likeness (QED) is 0.634. The van der Waals surface area contributed by atoms with Crippen LogP contribution in [0.25, 0.3) is 0 Å². The van der Waals surface area contributed by atoms with E-state index in [2.05, 4.69) is 24.1 Å². The van der Waals surface area contributed by atoms with Crippen LogP contribution in [0, 0.1) is 0 Å². The molecule has 1 aromatic carbocycles. The highest BCUT2D eigenvalue weighted by Gasteiger charge is 2.29. The van der Waals surface area contributed by atoms with E-state index in [-0.39, 0.29) is 30.2 Å². The number of amides is 2. The molecule has 9 heteroatoms. The number of likely N-dealkylation sites (tertiary alicyclic amines) is 1. The van der Waals surface area contributed by atoms with Crippen molar-refractivity contribution in [1.29, 1.82) is 0 Å². The third-order valence-corrected chi connectivity index (χ3v) is 5.49.